The summed E-state index contributed by atoms with van der Waals surface area (Å²) in [5, 5.41) is 2.83. The van der Waals surface area contributed by atoms with Crippen molar-refractivity contribution in [2.24, 2.45) is 0 Å². The van der Waals surface area contributed by atoms with Gasteiger partial charge >= 0.3 is 0 Å². The molecule has 2 aliphatic heterocycles. The number of sulfonamides is 1. The van der Waals surface area contributed by atoms with E-state index in [1.165, 1.54) is 16.8 Å². The zero-order valence-electron chi connectivity index (χ0n) is 17.3. The van der Waals surface area contributed by atoms with Gasteiger partial charge in [-0.2, -0.15) is 4.31 Å². The van der Waals surface area contributed by atoms with Gasteiger partial charge < -0.3 is 10.2 Å². The van der Waals surface area contributed by atoms with Gasteiger partial charge in [-0.15, -0.1) is 0 Å². The van der Waals surface area contributed by atoms with Gasteiger partial charge in [0.05, 0.1) is 10.3 Å². The van der Waals surface area contributed by atoms with E-state index in [1.807, 2.05) is 13.8 Å². The van der Waals surface area contributed by atoms with E-state index in [0.717, 1.165) is 5.56 Å². The number of anilines is 2. The number of nitrogens with one attached hydrogen (secondary N) is 1. The van der Waals surface area contributed by atoms with Crippen molar-refractivity contribution in [1.29, 1.82) is 0 Å². The van der Waals surface area contributed by atoms with E-state index < -0.39 is 15.4 Å². The Balaban J connectivity index is 1.55. The van der Waals surface area contributed by atoms with Crippen LogP contribution in [-0.4, -0.2) is 44.8 Å². The predicted molar refractivity (Wildman–Crippen MR) is 115 cm³/mol. The lowest BCUT2D eigenvalue weighted by Gasteiger charge is -2.36. The highest BCUT2D eigenvalue weighted by atomic mass is 32.2. The summed E-state index contributed by atoms with van der Waals surface area (Å²) >= 11 is 0. The quantitative estimate of drug-likeness (QED) is 0.840. The summed E-state index contributed by atoms with van der Waals surface area (Å²) in [5.74, 6) is -0.107. The fourth-order valence-corrected chi connectivity index (χ4v) is 5.54. The molecular formula is C22H27N3O3S. The molecule has 0 radical (unpaired) electrons. The van der Waals surface area contributed by atoms with Crippen LogP contribution in [0, 0.1) is 13.8 Å². The third-order valence-electron chi connectivity index (χ3n) is 6.06. The van der Waals surface area contributed by atoms with Crippen LogP contribution in [0.3, 0.4) is 0 Å². The van der Waals surface area contributed by atoms with Crippen molar-refractivity contribution in [3.05, 3.63) is 53.1 Å². The van der Waals surface area contributed by atoms with Gasteiger partial charge in [-0.25, -0.2) is 8.42 Å². The van der Waals surface area contributed by atoms with E-state index in [2.05, 4.69) is 42.3 Å². The molecule has 154 valence electrons. The molecule has 1 amide bonds. The molecule has 0 saturated carbocycles. The number of hydrogen-bond acceptors (Lipinski definition) is 4. The smallest absolute Gasteiger partial charge is 0.243 e. The molecule has 7 heteroatoms. The van der Waals surface area contributed by atoms with Gasteiger partial charge in [-0.05, 0) is 68.7 Å². The Morgan fingerprint density at radius 2 is 1.66 bits per heavy atom. The molecule has 0 aliphatic carbocycles. The lowest BCUT2D eigenvalue weighted by atomic mass is 9.86. The van der Waals surface area contributed by atoms with E-state index in [-0.39, 0.29) is 10.8 Å². The molecule has 0 bridgehead atoms. The summed E-state index contributed by atoms with van der Waals surface area (Å²) in [4.78, 5) is 14.7. The Labute approximate surface area is 172 Å². The second kappa shape index (κ2) is 6.85. The van der Waals surface area contributed by atoms with Gasteiger partial charge in [0, 0.05) is 37.6 Å². The molecule has 29 heavy (non-hydrogen) atoms. The third kappa shape index (κ3) is 3.32. The van der Waals surface area contributed by atoms with Crippen LogP contribution < -0.4 is 10.2 Å². The number of aryl methyl sites for hydroxylation is 2. The van der Waals surface area contributed by atoms with Crippen molar-refractivity contribution in [2.45, 2.75) is 38.0 Å². The summed E-state index contributed by atoms with van der Waals surface area (Å²) in [6.07, 6.45) is 0. The number of rotatable bonds is 3. The molecule has 2 aliphatic rings. The first kappa shape index (κ1) is 19.9. The van der Waals surface area contributed by atoms with Crippen molar-refractivity contribution in [3.8, 4) is 0 Å². The first-order valence-corrected chi connectivity index (χ1v) is 11.3. The average Bonchev–Trinajstić information content (AvgIpc) is 2.92. The average molecular weight is 414 g/mol. The van der Waals surface area contributed by atoms with Crippen LogP contribution in [0.2, 0.25) is 0 Å². The van der Waals surface area contributed by atoms with Gasteiger partial charge in [0.2, 0.25) is 15.9 Å². The predicted octanol–water partition coefficient (Wildman–Crippen LogP) is 3.04. The van der Waals surface area contributed by atoms with Crippen LogP contribution in [0.25, 0.3) is 0 Å². The van der Waals surface area contributed by atoms with E-state index in [4.69, 9.17) is 0 Å². The Bertz CT molecular complexity index is 1080. The molecule has 6 nitrogen and oxygen atoms in total. The topological polar surface area (TPSA) is 69.7 Å². The van der Waals surface area contributed by atoms with Crippen LogP contribution in [0.1, 0.15) is 30.5 Å². The number of nitrogens with zero attached hydrogens (tertiary/aromatic N) is 2. The first-order valence-electron chi connectivity index (χ1n) is 9.89. The normalized spacial score (nSPS) is 19.2. The summed E-state index contributed by atoms with van der Waals surface area (Å²) in [6.45, 7) is 9.96. The number of piperazine rings is 1. The second-order valence-electron chi connectivity index (χ2n) is 8.47. The maximum absolute atomic E-state index is 13.2. The Hall–Kier alpha value is -2.38. The van der Waals surface area contributed by atoms with E-state index in [9.17, 15) is 13.2 Å². The number of fused-ring (bicyclic) bond motifs is 1. The SMILES string of the molecule is Cc1ccc(C)c(N2CCN(S(=O)(=O)c3ccc4c(c3)C(C)(C)C(=O)N4)CC2)c1. The molecule has 0 spiro atoms. The molecule has 1 N–H and O–H groups in total. The van der Waals surface area contributed by atoms with Crippen molar-refractivity contribution < 1.29 is 13.2 Å². The van der Waals surface area contributed by atoms with Gasteiger partial charge in [0.1, 0.15) is 0 Å². The third-order valence-corrected chi connectivity index (χ3v) is 7.96. The van der Waals surface area contributed by atoms with E-state index in [0.29, 0.717) is 31.9 Å². The largest absolute Gasteiger partial charge is 0.369 e. The zero-order chi connectivity index (χ0) is 21.0. The highest BCUT2D eigenvalue weighted by Gasteiger charge is 2.39. The molecule has 1 fully saturated rings. The summed E-state index contributed by atoms with van der Waals surface area (Å²) in [6, 6.07) is 11.3. The minimum absolute atomic E-state index is 0.107. The lowest BCUT2D eigenvalue weighted by Crippen LogP contribution is -2.48. The van der Waals surface area contributed by atoms with Crippen LogP contribution in [0.4, 0.5) is 11.4 Å². The first-order chi connectivity index (χ1) is 13.6. The number of benzene rings is 2. The lowest BCUT2D eigenvalue weighted by molar-refractivity contribution is -0.119. The Morgan fingerprint density at radius 1 is 0.966 bits per heavy atom. The van der Waals surface area contributed by atoms with Crippen LogP contribution >= 0.6 is 0 Å². The monoisotopic (exact) mass is 413 g/mol. The fraction of sp³-hybridized carbons (Fsp3) is 0.409. The van der Waals surface area contributed by atoms with Crippen LogP contribution in [-0.2, 0) is 20.2 Å². The van der Waals surface area contributed by atoms with Crippen LogP contribution in [0.15, 0.2) is 41.3 Å². The van der Waals surface area contributed by atoms with Gasteiger partial charge in [0.25, 0.3) is 0 Å². The zero-order valence-corrected chi connectivity index (χ0v) is 18.1. The summed E-state index contributed by atoms with van der Waals surface area (Å²) in [5.41, 5.74) is 4.26. The Kier molecular flexibility index (Phi) is 4.70. The molecule has 0 atom stereocenters. The number of carbonyl (C=O) groups is 1. The maximum Gasteiger partial charge on any atom is 0.243 e. The molecule has 0 aromatic heterocycles. The fourth-order valence-electron chi connectivity index (χ4n) is 4.09. The minimum atomic E-state index is -3.61. The summed E-state index contributed by atoms with van der Waals surface area (Å²) < 4.78 is 28.0. The molecule has 2 aromatic rings. The number of amides is 1. The molecular weight excluding hydrogens is 386 g/mol. The van der Waals surface area contributed by atoms with Crippen molar-refractivity contribution in [2.75, 3.05) is 36.4 Å². The van der Waals surface area contributed by atoms with E-state index in [1.54, 1.807) is 22.5 Å². The minimum Gasteiger partial charge on any atom is -0.369 e. The second-order valence-corrected chi connectivity index (χ2v) is 10.4. The van der Waals surface area contributed by atoms with Gasteiger partial charge in [0.15, 0.2) is 0 Å². The van der Waals surface area contributed by atoms with Crippen molar-refractivity contribution in [3.63, 3.8) is 0 Å². The Morgan fingerprint density at radius 3 is 2.34 bits per heavy atom. The van der Waals surface area contributed by atoms with Crippen molar-refractivity contribution in [1.82, 2.24) is 4.31 Å². The molecule has 1 saturated heterocycles. The summed E-state index contributed by atoms with van der Waals surface area (Å²) in [7, 11) is -3.61. The maximum atomic E-state index is 13.2. The molecule has 4 rings (SSSR count). The standard InChI is InChI=1S/C22H27N3O3S/c1-15-5-6-16(2)20(13-15)24-9-11-25(12-10-24)29(27,28)17-7-8-19-18(14-17)22(3,4)21(26)23-19/h5-8,13-14H,9-12H2,1-4H3,(H,23,26). The number of carbonyl (C=O) groups excluding carboxylic acids is 1. The highest BCUT2D eigenvalue weighted by molar-refractivity contribution is 7.89. The molecule has 2 heterocycles. The van der Waals surface area contributed by atoms with E-state index >= 15 is 0 Å². The number of hydrogen-bond donors (Lipinski definition) is 1. The van der Waals surface area contributed by atoms with Gasteiger partial charge in [-0.3, -0.25) is 4.79 Å². The highest BCUT2D eigenvalue weighted by Crippen LogP contribution is 2.39. The van der Waals surface area contributed by atoms with Crippen molar-refractivity contribution >= 4 is 27.3 Å². The molecule has 2 aromatic carbocycles. The molecule has 0 unspecified atom stereocenters. The van der Waals surface area contributed by atoms with Gasteiger partial charge in [-0.1, -0.05) is 12.1 Å². The van der Waals surface area contributed by atoms with Crippen LogP contribution in [0.5, 0.6) is 0 Å².